The van der Waals surface area contributed by atoms with Gasteiger partial charge >= 0.3 is 6.09 Å². The summed E-state index contributed by atoms with van der Waals surface area (Å²) in [4.78, 5) is 26.1. The average molecular weight is 328 g/mol. The van der Waals surface area contributed by atoms with Gasteiger partial charge in [-0.3, -0.25) is 9.69 Å². The van der Waals surface area contributed by atoms with Crippen LogP contribution in [0.2, 0.25) is 5.02 Å². The number of Topliss-reactive ketones (excluding diaryl/α,β-unsaturated/α-hetero) is 1. The SMILES string of the molecule is CC(C)(C)OC(=O)N1CCC[C@H]1C(=O)c1ccc(Cl)c(F)c1. The molecule has 1 aliphatic rings. The Morgan fingerprint density at radius 2 is 2.05 bits per heavy atom. The summed E-state index contributed by atoms with van der Waals surface area (Å²) in [5.74, 6) is -0.937. The Hall–Kier alpha value is -1.62. The number of ketones is 1. The summed E-state index contributed by atoms with van der Waals surface area (Å²) >= 11 is 5.63. The molecule has 6 heteroatoms. The van der Waals surface area contributed by atoms with Crippen molar-refractivity contribution >= 4 is 23.5 Å². The fourth-order valence-electron chi connectivity index (χ4n) is 2.42. The van der Waals surface area contributed by atoms with E-state index in [0.717, 1.165) is 6.07 Å². The fraction of sp³-hybridized carbons (Fsp3) is 0.500. The molecule has 4 nitrogen and oxygen atoms in total. The molecule has 0 spiro atoms. The van der Waals surface area contributed by atoms with Gasteiger partial charge in [0.05, 0.1) is 11.1 Å². The quantitative estimate of drug-likeness (QED) is 0.769. The van der Waals surface area contributed by atoms with Crippen LogP contribution in [0.4, 0.5) is 9.18 Å². The van der Waals surface area contributed by atoms with Crippen LogP contribution in [-0.4, -0.2) is 35.0 Å². The van der Waals surface area contributed by atoms with Crippen LogP contribution >= 0.6 is 11.6 Å². The highest BCUT2D eigenvalue weighted by Crippen LogP contribution is 2.25. The van der Waals surface area contributed by atoms with Gasteiger partial charge in [0.2, 0.25) is 0 Å². The van der Waals surface area contributed by atoms with Crippen molar-refractivity contribution in [3.8, 4) is 0 Å². The normalized spacial score (nSPS) is 18.4. The third-order valence-corrected chi connectivity index (χ3v) is 3.69. The van der Waals surface area contributed by atoms with E-state index in [9.17, 15) is 14.0 Å². The first-order valence-corrected chi connectivity index (χ1v) is 7.56. The molecule has 1 aromatic rings. The van der Waals surface area contributed by atoms with Crippen molar-refractivity contribution in [2.24, 2.45) is 0 Å². The standard InChI is InChI=1S/C16H19ClFNO3/c1-16(2,3)22-15(21)19-8-4-5-13(19)14(20)10-6-7-11(17)12(18)9-10/h6-7,9,13H,4-5,8H2,1-3H3/t13-/m0/s1. The van der Waals surface area contributed by atoms with Gasteiger partial charge in [0.1, 0.15) is 11.4 Å². The number of hydrogen-bond acceptors (Lipinski definition) is 3. The van der Waals surface area contributed by atoms with Crippen molar-refractivity contribution in [1.29, 1.82) is 0 Å². The molecular weight excluding hydrogens is 309 g/mol. The fourth-order valence-corrected chi connectivity index (χ4v) is 2.54. The molecule has 1 fully saturated rings. The molecule has 0 bridgehead atoms. The summed E-state index contributed by atoms with van der Waals surface area (Å²) < 4.78 is 18.8. The largest absolute Gasteiger partial charge is 0.444 e. The number of amides is 1. The van der Waals surface area contributed by atoms with Gasteiger partial charge in [-0.25, -0.2) is 9.18 Å². The zero-order valence-electron chi connectivity index (χ0n) is 12.9. The van der Waals surface area contributed by atoms with E-state index >= 15 is 0 Å². The minimum Gasteiger partial charge on any atom is -0.444 e. The molecule has 22 heavy (non-hydrogen) atoms. The van der Waals surface area contributed by atoms with Crippen molar-refractivity contribution in [1.82, 2.24) is 4.90 Å². The third-order valence-electron chi connectivity index (χ3n) is 3.39. The van der Waals surface area contributed by atoms with E-state index in [2.05, 4.69) is 0 Å². The molecular formula is C16H19ClFNO3. The highest BCUT2D eigenvalue weighted by atomic mass is 35.5. The second-order valence-corrected chi connectivity index (χ2v) is 6.73. The third kappa shape index (κ3) is 3.77. The highest BCUT2D eigenvalue weighted by molar-refractivity contribution is 6.30. The maximum absolute atomic E-state index is 13.5. The number of nitrogens with zero attached hydrogens (tertiary/aromatic N) is 1. The van der Waals surface area contributed by atoms with Crippen LogP contribution in [0.25, 0.3) is 0 Å². The van der Waals surface area contributed by atoms with Crippen LogP contribution in [-0.2, 0) is 4.74 Å². The lowest BCUT2D eigenvalue weighted by Gasteiger charge is -2.28. The van der Waals surface area contributed by atoms with E-state index in [-0.39, 0.29) is 16.4 Å². The Labute approximate surface area is 134 Å². The van der Waals surface area contributed by atoms with Gasteiger partial charge in [0, 0.05) is 12.1 Å². The van der Waals surface area contributed by atoms with Crippen LogP contribution in [0.3, 0.4) is 0 Å². The Balaban J connectivity index is 2.17. The van der Waals surface area contributed by atoms with Gasteiger partial charge in [-0.1, -0.05) is 11.6 Å². The maximum atomic E-state index is 13.5. The summed E-state index contributed by atoms with van der Waals surface area (Å²) in [6.07, 6.45) is 0.742. The predicted octanol–water partition coefficient (Wildman–Crippen LogP) is 4.06. The van der Waals surface area contributed by atoms with Crippen LogP contribution in [0.1, 0.15) is 44.0 Å². The number of likely N-dealkylation sites (tertiary alicyclic amines) is 1. The van der Waals surface area contributed by atoms with Crippen molar-refractivity contribution in [3.05, 3.63) is 34.6 Å². The molecule has 0 saturated carbocycles. The van der Waals surface area contributed by atoms with Gasteiger partial charge in [0.15, 0.2) is 5.78 Å². The minimum absolute atomic E-state index is 0.0352. The number of benzene rings is 1. The average Bonchev–Trinajstić information content (AvgIpc) is 2.88. The zero-order chi connectivity index (χ0) is 16.5. The minimum atomic E-state index is -0.644. The Morgan fingerprint density at radius 3 is 2.64 bits per heavy atom. The molecule has 120 valence electrons. The number of rotatable bonds is 2. The molecule has 0 N–H and O–H groups in total. The second kappa shape index (κ2) is 6.24. The first-order valence-electron chi connectivity index (χ1n) is 7.18. The van der Waals surface area contributed by atoms with Crippen LogP contribution < -0.4 is 0 Å². The molecule has 1 amide bonds. The summed E-state index contributed by atoms with van der Waals surface area (Å²) in [5.41, 5.74) is -0.415. The summed E-state index contributed by atoms with van der Waals surface area (Å²) in [7, 11) is 0. The molecule has 2 rings (SSSR count). The molecule has 0 aliphatic carbocycles. The second-order valence-electron chi connectivity index (χ2n) is 6.32. The van der Waals surface area contributed by atoms with Crippen LogP contribution in [0.5, 0.6) is 0 Å². The molecule has 0 aromatic heterocycles. The molecule has 0 radical (unpaired) electrons. The van der Waals surface area contributed by atoms with Gasteiger partial charge in [-0.2, -0.15) is 0 Å². The van der Waals surface area contributed by atoms with Crippen molar-refractivity contribution in [3.63, 3.8) is 0 Å². The van der Waals surface area contributed by atoms with E-state index in [1.54, 1.807) is 20.8 Å². The number of carbonyl (C=O) groups excluding carboxylic acids is 2. The van der Waals surface area contributed by atoms with E-state index < -0.39 is 23.6 Å². The molecule has 1 saturated heterocycles. The van der Waals surface area contributed by atoms with Crippen molar-refractivity contribution < 1.29 is 18.7 Å². The van der Waals surface area contributed by atoms with E-state index in [1.165, 1.54) is 17.0 Å². The smallest absolute Gasteiger partial charge is 0.410 e. The number of halogens is 2. The lowest BCUT2D eigenvalue weighted by molar-refractivity contribution is 0.0222. The molecule has 1 atom stereocenters. The number of carbonyl (C=O) groups is 2. The van der Waals surface area contributed by atoms with Crippen LogP contribution in [0, 0.1) is 5.82 Å². The van der Waals surface area contributed by atoms with Crippen molar-refractivity contribution in [2.75, 3.05) is 6.54 Å². The summed E-state index contributed by atoms with van der Waals surface area (Å²) in [6, 6.07) is 3.31. The van der Waals surface area contributed by atoms with Gasteiger partial charge < -0.3 is 4.74 Å². The highest BCUT2D eigenvalue weighted by Gasteiger charge is 2.37. The summed E-state index contributed by atoms with van der Waals surface area (Å²) in [6.45, 7) is 5.77. The van der Waals surface area contributed by atoms with Crippen molar-refractivity contribution in [2.45, 2.75) is 45.3 Å². The van der Waals surface area contributed by atoms with Crippen LogP contribution in [0.15, 0.2) is 18.2 Å². The van der Waals surface area contributed by atoms with E-state index in [4.69, 9.17) is 16.3 Å². The predicted molar refractivity (Wildman–Crippen MR) is 81.7 cm³/mol. The van der Waals surface area contributed by atoms with Gasteiger partial charge in [-0.05, 0) is 51.8 Å². The Kier molecular flexibility index (Phi) is 4.75. The lowest BCUT2D eigenvalue weighted by atomic mass is 10.0. The maximum Gasteiger partial charge on any atom is 0.410 e. The van der Waals surface area contributed by atoms with E-state index in [0.29, 0.717) is 19.4 Å². The first-order chi connectivity index (χ1) is 10.2. The molecule has 1 aliphatic heterocycles. The number of hydrogen-bond donors (Lipinski definition) is 0. The Bertz CT molecular complexity index is 598. The molecule has 1 heterocycles. The van der Waals surface area contributed by atoms with E-state index in [1.807, 2.05) is 0 Å². The molecule has 1 aromatic carbocycles. The topological polar surface area (TPSA) is 46.6 Å². The number of ether oxygens (including phenoxy) is 1. The zero-order valence-corrected chi connectivity index (χ0v) is 13.6. The monoisotopic (exact) mass is 327 g/mol. The first kappa shape index (κ1) is 16.7. The van der Waals surface area contributed by atoms with Gasteiger partial charge in [0.25, 0.3) is 0 Å². The lowest BCUT2D eigenvalue weighted by Crippen LogP contribution is -2.43. The molecule has 0 unspecified atom stereocenters. The Morgan fingerprint density at radius 1 is 1.36 bits per heavy atom. The van der Waals surface area contributed by atoms with Gasteiger partial charge in [-0.15, -0.1) is 0 Å². The summed E-state index contributed by atoms with van der Waals surface area (Å²) in [5, 5.41) is -0.0352.